The first-order valence-corrected chi connectivity index (χ1v) is 10.9. The minimum atomic E-state index is -0.261. The molecule has 4 rings (SSSR count). The Hall–Kier alpha value is -4.65. The molecule has 0 aliphatic carbocycles. The molecule has 2 heterocycles. The van der Waals surface area contributed by atoms with Crippen molar-refractivity contribution in [1.29, 1.82) is 5.26 Å². The molecule has 2 aromatic carbocycles. The quantitative estimate of drug-likeness (QED) is 0.349. The molecule has 4 aromatic rings. The monoisotopic (exact) mass is 455 g/mol. The highest BCUT2D eigenvalue weighted by Crippen LogP contribution is 2.21. The van der Waals surface area contributed by atoms with E-state index in [2.05, 4.69) is 31.9 Å². The second kappa shape index (κ2) is 10.3. The fourth-order valence-electron chi connectivity index (χ4n) is 3.59. The molecule has 0 spiro atoms. The normalized spacial score (nSPS) is 11.5. The van der Waals surface area contributed by atoms with Crippen molar-refractivity contribution in [2.24, 2.45) is 0 Å². The van der Waals surface area contributed by atoms with Crippen LogP contribution in [0.1, 0.15) is 36.2 Å². The van der Waals surface area contributed by atoms with Gasteiger partial charge in [0.05, 0.1) is 23.1 Å². The predicted molar refractivity (Wildman–Crippen MR) is 127 cm³/mol. The number of amides is 2. The molecule has 2 aromatic heterocycles. The van der Waals surface area contributed by atoms with Gasteiger partial charge in [-0.25, -0.2) is 19.1 Å². The first-order valence-electron chi connectivity index (χ1n) is 10.9. The minimum Gasteiger partial charge on any atom is -0.382 e. The maximum Gasteiger partial charge on any atom is 0.315 e. The molecule has 0 aliphatic heterocycles. The number of carbonyl (C=O) groups is 1. The van der Waals surface area contributed by atoms with E-state index in [1.165, 1.54) is 6.33 Å². The molecule has 0 radical (unpaired) electrons. The average molecular weight is 456 g/mol. The maximum absolute atomic E-state index is 12.3. The summed E-state index contributed by atoms with van der Waals surface area (Å²) in [4.78, 5) is 16.3. The van der Waals surface area contributed by atoms with Crippen molar-refractivity contribution >= 4 is 11.8 Å². The summed E-state index contributed by atoms with van der Waals surface area (Å²) in [5, 5.41) is 23.9. The molecule has 0 aliphatic rings. The van der Waals surface area contributed by atoms with Crippen molar-refractivity contribution in [2.75, 3.05) is 12.3 Å². The summed E-state index contributed by atoms with van der Waals surface area (Å²) >= 11 is 0. The van der Waals surface area contributed by atoms with E-state index in [0.29, 0.717) is 36.5 Å². The van der Waals surface area contributed by atoms with Crippen LogP contribution in [0.5, 0.6) is 0 Å². The van der Waals surface area contributed by atoms with Crippen LogP contribution in [-0.4, -0.2) is 37.1 Å². The maximum atomic E-state index is 12.3. The summed E-state index contributed by atoms with van der Waals surface area (Å²) in [5.41, 5.74) is 9.79. The van der Waals surface area contributed by atoms with Gasteiger partial charge in [0, 0.05) is 6.54 Å². The number of nitrogen functional groups attached to an aromatic ring is 1. The second-order valence-corrected chi connectivity index (χ2v) is 7.72. The molecule has 10 nitrogen and oxygen atoms in total. The lowest BCUT2D eigenvalue weighted by Crippen LogP contribution is -2.37. The Labute approximate surface area is 197 Å². The number of hydrogen-bond donors (Lipinski definition) is 3. The van der Waals surface area contributed by atoms with Crippen molar-refractivity contribution in [3.05, 3.63) is 84.1 Å². The molecule has 10 heteroatoms. The van der Waals surface area contributed by atoms with Gasteiger partial charge in [-0.15, -0.1) is 0 Å². The van der Waals surface area contributed by atoms with Crippen LogP contribution >= 0.6 is 0 Å². The van der Waals surface area contributed by atoms with E-state index in [1.54, 1.807) is 15.7 Å². The molecule has 0 bridgehead atoms. The van der Waals surface area contributed by atoms with Crippen LogP contribution in [0.4, 0.5) is 10.6 Å². The van der Waals surface area contributed by atoms with Crippen LogP contribution in [0.2, 0.25) is 0 Å². The van der Waals surface area contributed by atoms with Crippen LogP contribution in [0.3, 0.4) is 0 Å². The van der Waals surface area contributed by atoms with Crippen molar-refractivity contribution in [3.63, 3.8) is 0 Å². The number of para-hydroxylation sites is 1. The van der Waals surface area contributed by atoms with Crippen molar-refractivity contribution < 1.29 is 4.79 Å². The Morgan fingerprint density at radius 3 is 2.59 bits per heavy atom. The van der Waals surface area contributed by atoms with E-state index >= 15 is 0 Å². The number of carbonyl (C=O) groups excluding carboxylic acids is 1. The van der Waals surface area contributed by atoms with Gasteiger partial charge in [0.1, 0.15) is 30.1 Å². The van der Waals surface area contributed by atoms with Gasteiger partial charge < -0.3 is 16.4 Å². The standard InChI is InChI=1S/C24H25N9O/c1-17(18-9-11-19(12-10-18)32-16-27-15-29-32)30-24(34)28-13-5-8-22-21(14-25)23(26)33(31-22)20-6-3-2-4-7-20/h2-4,6-7,9-12,15-17H,5,8,13,26H2,1H3,(H2,28,30,34). The van der Waals surface area contributed by atoms with Crippen LogP contribution in [0, 0.1) is 11.3 Å². The second-order valence-electron chi connectivity index (χ2n) is 7.72. The van der Waals surface area contributed by atoms with Gasteiger partial charge in [-0.1, -0.05) is 30.3 Å². The number of hydrogen-bond acceptors (Lipinski definition) is 6. The first kappa shape index (κ1) is 22.5. The van der Waals surface area contributed by atoms with Gasteiger partial charge in [0.2, 0.25) is 0 Å². The average Bonchev–Trinajstić information content (AvgIpc) is 3.50. The molecule has 1 atom stereocenters. The highest BCUT2D eigenvalue weighted by Gasteiger charge is 2.16. The Kier molecular flexibility index (Phi) is 6.84. The van der Waals surface area contributed by atoms with Crippen molar-refractivity contribution in [3.8, 4) is 17.4 Å². The lowest BCUT2D eigenvalue weighted by molar-refractivity contribution is 0.238. The Morgan fingerprint density at radius 2 is 1.91 bits per heavy atom. The summed E-state index contributed by atoms with van der Waals surface area (Å²) in [7, 11) is 0. The van der Waals surface area contributed by atoms with E-state index < -0.39 is 0 Å². The van der Waals surface area contributed by atoms with Crippen molar-refractivity contribution in [2.45, 2.75) is 25.8 Å². The summed E-state index contributed by atoms with van der Waals surface area (Å²) in [6.45, 7) is 2.36. The first-order chi connectivity index (χ1) is 16.6. The molecule has 4 N–H and O–H groups in total. The number of nitrogens with one attached hydrogen (secondary N) is 2. The van der Waals surface area contributed by atoms with Gasteiger partial charge >= 0.3 is 6.03 Å². The van der Waals surface area contributed by atoms with E-state index in [4.69, 9.17) is 5.73 Å². The van der Waals surface area contributed by atoms with E-state index in [0.717, 1.165) is 16.9 Å². The fourth-order valence-corrected chi connectivity index (χ4v) is 3.59. The van der Waals surface area contributed by atoms with Gasteiger partial charge in [-0.2, -0.15) is 15.5 Å². The van der Waals surface area contributed by atoms with E-state index in [-0.39, 0.29) is 12.1 Å². The van der Waals surface area contributed by atoms with Crippen LogP contribution in [-0.2, 0) is 6.42 Å². The molecule has 2 amide bonds. The molecular formula is C24H25N9O. The SMILES string of the molecule is CC(NC(=O)NCCCc1nn(-c2ccccc2)c(N)c1C#N)c1ccc(-n2cncn2)cc1. The van der Waals surface area contributed by atoms with E-state index in [9.17, 15) is 10.1 Å². The Balaban J connectivity index is 1.27. The van der Waals surface area contributed by atoms with Crippen LogP contribution < -0.4 is 16.4 Å². The summed E-state index contributed by atoms with van der Waals surface area (Å²) < 4.78 is 3.24. The predicted octanol–water partition coefficient (Wildman–Crippen LogP) is 2.90. The zero-order valence-corrected chi connectivity index (χ0v) is 18.7. The zero-order chi connectivity index (χ0) is 23.9. The molecule has 172 valence electrons. The molecule has 0 saturated heterocycles. The molecule has 1 unspecified atom stereocenters. The summed E-state index contributed by atoms with van der Waals surface area (Å²) in [5.74, 6) is 0.318. The van der Waals surface area contributed by atoms with Crippen LogP contribution in [0.25, 0.3) is 11.4 Å². The number of rotatable bonds is 8. The number of urea groups is 1. The number of nitriles is 1. The number of anilines is 1. The van der Waals surface area contributed by atoms with Crippen molar-refractivity contribution in [1.82, 2.24) is 35.2 Å². The number of aromatic nitrogens is 5. The van der Waals surface area contributed by atoms with Gasteiger partial charge in [-0.05, 0) is 49.6 Å². The molecule has 0 saturated carbocycles. The number of nitrogens with two attached hydrogens (primary N) is 1. The van der Waals surface area contributed by atoms with Crippen LogP contribution in [0.15, 0.2) is 67.3 Å². The topological polar surface area (TPSA) is 139 Å². The lowest BCUT2D eigenvalue weighted by Gasteiger charge is -2.15. The van der Waals surface area contributed by atoms with E-state index in [1.807, 2.05) is 61.5 Å². The highest BCUT2D eigenvalue weighted by atomic mass is 16.2. The van der Waals surface area contributed by atoms with Gasteiger partial charge in [0.15, 0.2) is 0 Å². The number of benzene rings is 2. The lowest BCUT2D eigenvalue weighted by atomic mass is 10.1. The summed E-state index contributed by atoms with van der Waals surface area (Å²) in [6.07, 6.45) is 4.25. The van der Waals surface area contributed by atoms with Gasteiger partial charge in [0.25, 0.3) is 0 Å². The Bertz CT molecular complexity index is 1270. The third-order valence-electron chi connectivity index (χ3n) is 5.41. The molecule has 0 fully saturated rings. The molecule has 34 heavy (non-hydrogen) atoms. The smallest absolute Gasteiger partial charge is 0.315 e. The molecular weight excluding hydrogens is 430 g/mol. The zero-order valence-electron chi connectivity index (χ0n) is 18.7. The minimum absolute atomic E-state index is 0.170. The van der Waals surface area contributed by atoms with Gasteiger partial charge in [-0.3, -0.25) is 0 Å². The third kappa shape index (κ3) is 5.05. The number of aryl methyl sites for hydroxylation is 1. The number of nitrogens with zero attached hydrogens (tertiary/aromatic N) is 6. The third-order valence-corrected chi connectivity index (χ3v) is 5.41. The highest BCUT2D eigenvalue weighted by molar-refractivity contribution is 5.74. The fraction of sp³-hybridized carbons (Fsp3) is 0.208. The summed E-state index contributed by atoms with van der Waals surface area (Å²) in [6, 6.07) is 18.9. The largest absolute Gasteiger partial charge is 0.382 e. The Morgan fingerprint density at radius 1 is 1.15 bits per heavy atom.